The lowest BCUT2D eigenvalue weighted by molar-refractivity contribution is -0.163. The maximum atomic E-state index is 12.9. The Morgan fingerprint density at radius 3 is 0.970 bits per heavy atom. The van der Waals surface area contributed by atoms with Gasteiger partial charge in [0.25, 0.3) is 0 Å². The monoisotopic (exact) mass is 931 g/mol. The van der Waals surface area contributed by atoms with Crippen molar-refractivity contribution in [2.75, 3.05) is 19.8 Å². The van der Waals surface area contributed by atoms with Crippen LogP contribution in [0, 0.1) is 0 Å². The Morgan fingerprint density at radius 1 is 0.318 bits per heavy atom. The van der Waals surface area contributed by atoms with Crippen LogP contribution in [0.4, 0.5) is 0 Å². The minimum Gasteiger partial charge on any atom is -0.462 e. The molecule has 0 heterocycles. The van der Waals surface area contributed by atoms with Crippen molar-refractivity contribution in [3.05, 3.63) is 12.2 Å². The van der Waals surface area contributed by atoms with Gasteiger partial charge in [0.15, 0.2) is 6.10 Å². The molecule has 0 aromatic heterocycles. The van der Waals surface area contributed by atoms with Crippen molar-refractivity contribution in [1.29, 1.82) is 0 Å². The van der Waals surface area contributed by atoms with E-state index in [9.17, 15) is 9.59 Å². The van der Waals surface area contributed by atoms with Crippen LogP contribution in [-0.2, 0) is 23.8 Å². The summed E-state index contributed by atoms with van der Waals surface area (Å²) in [7, 11) is 0. The van der Waals surface area contributed by atoms with E-state index in [1.54, 1.807) is 0 Å². The summed E-state index contributed by atoms with van der Waals surface area (Å²) < 4.78 is 17.5. The van der Waals surface area contributed by atoms with Gasteiger partial charge in [0, 0.05) is 19.4 Å². The van der Waals surface area contributed by atoms with E-state index in [0.717, 1.165) is 38.5 Å². The predicted molar refractivity (Wildman–Crippen MR) is 289 cm³/mol. The first kappa shape index (κ1) is 64.6. The maximum Gasteiger partial charge on any atom is 0.306 e. The Hall–Kier alpha value is -1.36. The molecular weight excluding hydrogens is 813 g/mol. The molecule has 0 aliphatic carbocycles. The van der Waals surface area contributed by atoms with Crippen molar-refractivity contribution in [2.24, 2.45) is 0 Å². The Morgan fingerprint density at radius 2 is 0.606 bits per heavy atom. The van der Waals surface area contributed by atoms with Gasteiger partial charge in [-0.1, -0.05) is 303 Å². The van der Waals surface area contributed by atoms with Crippen LogP contribution in [0.25, 0.3) is 0 Å². The summed E-state index contributed by atoms with van der Waals surface area (Å²) in [4.78, 5) is 25.5. The molecule has 0 aliphatic heterocycles. The number of carbonyl (C=O) groups excluding carboxylic acids is 2. The summed E-state index contributed by atoms with van der Waals surface area (Å²) >= 11 is 0. The number of ether oxygens (including phenoxy) is 3. The molecule has 0 aromatic carbocycles. The number of hydrogen-bond donors (Lipinski definition) is 0. The molecule has 66 heavy (non-hydrogen) atoms. The van der Waals surface area contributed by atoms with E-state index in [-0.39, 0.29) is 18.5 Å². The molecule has 0 radical (unpaired) electrons. The van der Waals surface area contributed by atoms with Gasteiger partial charge in [-0.3, -0.25) is 9.59 Å². The zero-order valence-electron chi connectivity index (χ0n) is 45.2. The highest BCUT2D eigenvalue weighted by Crippen LogP contribution is 2.18. The SMILES string of the molecule is CCCC/C=C\CCCCCCCCOCC(COC(=O)CCCCCCCCCCCCCCCCCCCCC)OC(=O)CCCCCCCCCCCCCCCCCCCCC. The summed E-state index contributed by atoms with van der Waals surface area (Å²) in [6, 6.07) is 0. The van der Waals surface area contributed by atoms with Crippen molar-refractivity contribution in [3.63, 3.8) is 0 Å². The molecule has 0 aromatic rings. The first-order valence-electron chi connectivity index (χ1n) is 30.2. The average molecular weight is 932 g/mol. The predicted octanol–water partition coefficient (Wildman–Crippen LogP) is 20.6. The molecule has 0 N–H and O–H groups in total. The number of unbranched alkanes of at least 4 members (excludes halogenated alkanes) is 44. The molecule has 1 unspecified atom stereocenters. The molecule has 0 rings (SSSR count). The number of hydrogen-bond acceptors (Lipinski definition) is 5. The van der Waals surface area contributed by atoms with Crippen LogP contribution in [0.1, 0.15) is 342 Å². The number of esters is 2. The second-order valence-corrected chi connectivity index (χ2v) is 20.6. The zero-order valence-corrected chi connectivity index (χ0v) is 45.2. The molecule has 0 saturated carbocycles. The zero-order chi connectivity index (χ0) is 47.7. The second kappa shape index (κ2) is 58.0. The molecule has 0 bridgehead atoms. The van der Waals surface area contributed by atoms with Gasteiger partial charge in [-0.25, -0.2) is 0 Å². The normalized spacial score (nSPS) is 12.1. The number of carbonyl (C=O) groups is 2. The van der Waals surface area contributed by atoms with Gasteiger partial charge in [-0.15, -0.1) is 0 Å². The van der Waals surface area contributed by atoms with Crippen molar-refractivity contribution in [2.45, 2.75) is 348 Å². The third kappa shape index (κ3) is 55.2. The van der Waals surface area contributed by atoms with Crippen LogP contribution in [0.5, 0.6) is 0 Å². The fraction of sp³-hybridized carbons (Fsp3) is 0.934. The maximum absolute atomic E-state index is 12.9. The van der Waals surface area contributed by atoms with E-state index >= 15 is 0 Å². The summed E-state index contributed by atoms with van der Waals surface area (Å²) in [6.45, 7) is 7.87. The van der Waals surface area contributed by atoms with E-state index in [4.69, 9.17) is 14.2 Å². The van der Waals surface area contributed by atoms with Crippen LogP contribution in [0.2, 0.25) is 0 Å². The number of allylic oxidation sites excluding steroid dienone is 2. The lowest BCUT2D eigenvalue weighted by Gasteiger charge is -2.18. The summed E-state index contributed by atoms with van der Waals surface area (Å²) in [5, 5.41) is 0. The quantitative estimate of drug-likeness (QED) is 0.0345. The topological polar surface area (TPSA) is 61.8 Å². The molecule has 0 aliphatic rings. The summed E-state index contributed by atoms with van der Waals surface area (Å²) in [6.07, 6.45) is 68.1. The average Bonchev–Trinajstić information content (AvgIpc) is 3.32. The van der Waals surface area contributed by atoms with E-state index < -0.39 is 6.10 Å². The third-order valence-electron chi connectivity index (χ3n) is 13.8. The molecule has 392 valence electrons. The van der Waals surface area contributed by atoms with Crippen molar-refractivity contribution < 1.29 is 23.8 Å². The van der Waals surface area contributed by atoms with Crippen molar-refractivity contribution >= 4 is 11.9 Å². The first-order valence-corrected chi connectivity index (χ1v) is 30.2. The molecule has 0 saturated heterocycles. The lowest BCUT2D eigenvalue weighted by atomic mass is 10.0. The van der Waals surface area contributed by atoms with Crippen LogP contribution >= 0.6 is 0 Å². The molecule has 5 heteroatoms. The van der Waals surface area contributed by atoms with E-state index in [0.29, 0.717) is 26.1 Å². The molecule has 5 nitrogen and oxygen atoms in total. The first-order chi connectivity index (χ1) is 32.6. The number of rotatable bonds is 57. The third-order valence-corrected chi connectivity index (χ3v) is 13.8. The standard InChI is InChI=1S/C61H118O5/c1-4-7-10-13-16-19-22-25-27-29-31-33-35-37-39-42-45-48-51-54-60(62)65-58-59(57-64-56-53-50-47-44-41-24-21-18-15-12-9-6-3)66-61(63)55-52-49-46-43-40-38-36-34-32-30-28-26-23-20-17-14-11-8-5-2/h15,18,59H,4-14,16-17,19-58H2,1-3H3/b18-15-. The van der Waals surface area contributed by atoms with Gasteiger partial charge in [0.2, 0.25) is 0 Å². The Kier molecular flexibility index (Phi) is 56.8. The smallest absolute Gasteiger partial charge is 0.306 e. The van der Waals surface area contributed by atoms with E-state index in [1.807, 2.05) is 0 Å². The van der Waals surface area contributed by atoms with Gasteiger partial charge >= 0.3 is 11.9 Å². The molecule has 1 atom stereocenters. The minimum absolute atomic E-state index is 0.0930. The van der Waals surface area contributed by atoms with Crippen LogP contribution in [-0.4, -0.2) is 37.9 Å². The van der Waals surface area contributed by atoms with Crippen LogP contribution in [0.15, 0.2) is 12.2 Å². The van der Waals surface area contributed by atoms with Gasteiger partial charge in [-0.2, -0.15) is 0 Å². The van der Waals surface area contributed by atoms with Gasteiger partial charge in [0.05, 0.1) is 6.61 Å². The molecular formula is C61H118O5. The lowest BCUT2D eigenvalue weighted by Crippen LogP contribution is -2.30. The van der Waals surface area contributed by atoms with E-state index in [2.05, 4.69) is 32.9 Å². The van der Waals surface area contributed by atoms with E-state index in [1.165, 1.54) is 270 Å². The Labute approximate surface area is 414 Å². The fourth-order valence-electron chi connectivity index (χ4n) is 9.26. The highest BCUT2D eigenvalue weighted by molar-refractivity contribution is 5.70. The molecule has 0 fully saturated rings. The largest absolute Gasteiger partial charge is 0.462 e. The minimum atomic E-state index is -0.530. The van der Waals surface area contributed by atoms with Crippen LogP contribution < -0.4 is 0 Å². The summed E-state index contributed by atoms with van der Waals surface area (Å²) in [5.74, 6) is -0.371. The van der Waals surface area contributed by atoms with Crippen molar-refractivity contribution in [3.8, 4) is 0 Å². The van der Waals surface area contributed by atoms with Gasteiger partial charge in [-0.05, 0) is 38.5 Å². The van der Waals surface area contributed by atoms with Crippen LogP contribution in [0.3, 0.4) is 0 Å². The Bertz CT molecular complexity index is 963. The van der Waals surface area contributed by atoms with Gasteiger partial charge < -0.3 is 14.2 Å². The molecule has 0 spiro atoms. The van der Waals surface area contributed by atoms with Gasteiger partial charge in [0.1, 0.15) is 6.61 Å². The summed E-state index contributed by atoms with van der Waals surface area (Å²) in [5.41, 5.74) is 0. The van der Waals surface area contributed by atoms with Crippen molar-refractivity contribution in [1.82, 2.24) is 0 Å². The fourth-order valence-corrected chi connectivity index (χ4v) is 9.26. The highest BCUT2D eigenvalue weighted by atomic mass is 16.6. The Balaban J connectivity index is 4.14. The highest BCUT2D eigenvalue weighted by Gasteiger charge is 2.18. The second-order valence-electron chi connectivity index (χ2n) is 20.6. The molecule has 0 amide bonds.